The molecule has 1 aliphatic heterocycles. The number of unbranched alkanes of at least 4 members (excludes halogenated alkanes) is 1. The van der Waals surface area contributed by atoms with Crippen molar-refractivity contribution >= 4 is 5.82 Å². The Labute approximate surface area is 171 Å². The quantitative estimate of drug-likeness (QED) is 0.200. The van der Waals surface area contributed by atoms with Gasteiger partial charge in [-0.15, -0.1) is 0 Å². The second kappa shape index (κ2) is 13.6. The molecule has 2 rings (SSSR count). The molecule has 0 radical (unpaired) electrons. The summed E-state index contributed by atoms with van der Waals surface area (Å²) in [6, 6.07) is 1.72. The van der Waals surface area contributed by atoms with E-state index in [-0.39, 0.29) is 13.0 Å². The molecule has 0 saturated carbocycles. The zero-order valence-electron chi connectivity index (χ0n) is 17.1. The average Bonchev–Trinajstić information content (AvgIpc) is 3.09. The van der Waals surface area contributed by atoms with Gasteiger partial charge >= 0.3 is 5.69 Å². The molecule has 1 aromatic rings. The van der Waals surface area contributed by atoms with E-state index in [9.17, 15) is 9.90 Å². The minimum atomic E-state index is -0.783. The zero-order chi connectivity index (χ0) is 20.9. The van der Waals surface area contributed by atoms with Gasteiger partial charge in [-0.2, -0.15) is 4.98 Å². The molecule has 7 N–H and O–H groups in total. The summed E-state index contributed by atoms with van der Waals surface area (Å²) in [6.45, 7) is 5.10. The molecule has 2 heterocycles. The molecule has 10 heteroatoms. The molecule has 29 heavy (non-hydrogen) atoms. The van der Waals surface area contributed by atoms with E-state index in [1.165, 1.54) is 4.57 Å². The maximum absolute atomic E-state index is 12.2. The molecule has 1 fully saturated rings. The highest BCUT2D eigenvalue weighted by atomic mass is 16.5. The van der Waals surface area contributed by atoms with E-state index in [2.05, 4.69) is 20.9 Å². The summed E-state index contributed by atoms with van der Waals surface area (Å²) < 4.78 is 6.84. The van der Waals surface area contributed by atoms with E-state index >= 15 is 0 Å². The van der Waals surface area contributed by atoms with Gasteiger partial charge < -0.3 is 36.6 Å². The summed E-state index contributed by atoms with van der Waals surface area (Å²) in [4.78, 5) is 16.2. The molecule has 10 nitrogen and oxygen atoms in total. The number of nitrogens with zero attached hydrogens (tertiary/aromatic N) is 2. The lowest BCUT2D eigenvalue weighted by Gasteiger charge is -2.14. The van der Waals surface area contributed by atoms with Gasteiger partial charge in [0.15, 0.2) is 0 Å². The minimum absolute atomic E-state index is 0.259. The third kappa shape index (κ3) is 8.37. The molecule has 0 bridgehead atoms. The first kappa shape index (κ1) is 23.7. The van der Waals surface area contributed by atoms with Crippen LogP contribution in [-0.4, -0.2) is 77.8 Å². The first-order valence-electron chi connectivity index (χ1n) is 10.5. The van der Waals surface area contributed by atoms with Crippen molar-refractivity contribution in [3.8, 4) is 0 Å². The second-order valence-corrected chi connectivity index (χ2v) is 7.25. The monoisotopic (exact) mass is 412 g/mol. The maximum Gasteiger partial charge on any atom is 0.351 e. The fourth-order valence-corrected chi connectivity index (χ4v) is 3.19. The van der Waals surface area contributed by atoms with E-state index in [4.69, 9.17) is 15.6 Å². The van der Waals surface area contributed by atoms with Crippen LogP contribution in [0.15, 0.2) is 17.1 Å². The van der Waals surface area contributed by atoms with Crippen LogP contribution >= 0.6 is 0 Å². The maximum atomic E-state index is 12.2. The predicted molar refractivity (Wildman–Crippen MR) is 112 cm³/mol. The van der Waals surface area contributed by atoms with Gasteiger partial charge in [0.25, 0.3) is 0 Å². The molecule has 0 spiro atoms. The van der Waals surface area contributed by atoms with Crippen LogP contribution in [-0.2, 0) is 4.74 Å². The van der Waals surface area contributed by atoms with Crippen molar-refractivity contribution in [1.82, 2.24) is 20.2 Å². The highest BCUT2D eigenvalue weighted by Crippen LogP contribution is 2.27. The van der Waals surface area contributed by atoms with Crippen molar-refractivity contribution < 1.29 is 14.9 Å². The van der Waals surface area contributed by atoms with Gasteiger partial charge in [0, 0.05) is 19.2 Å². The predicted octanol–water partition coefficient (Wildman–Crippen LogP) is -1.01. The van der Waals surface area contributed by atoms with Crippen LogP contribution in [0.2, 0.25) is 0 Å². The molecule has 1 saturated heterocycles. The summed E-state index contributed by atoms with van der Waals surface area (Å²) in [7, 11) is 0. The smallest absolute Gasteiger partial charge is 0.351 e. The van der Waals surface area contributed by atoms with Gasteiger partial charge in [-0.1, -0.05) is 0 Å². The van der Waals surface area contributed by atoms with Crippen molar-refractivity contribution in [2.75, 3.05) is 51.2 Å². The zero-order valence-corrected chi connectivity index (χ0v) is 17.1. The summed E-state index contributed by atoms with van der Waals surface area (Å²) in [5.41, 5.74) is 5.00. The van der Waals surface area contributed by atoms with Gasteiger partial charge in [-0.25, -0.2) is 4.79 Å². The van der Waals surface area contributed by atoms with Crippen molar-refractivity contribution in [3.05, 3.63) is 22.7 Å². The van der Waals surface area contributed by atoms with E-state index in [0.29, 0.717) is 5.82 Å². The SMILES string of the molecule is NCCCNCCCCNCCCNc1ccn([C@H]2CC(O)[C@@H](CO)O2)c(=O)n1. The van der Waals surface area contributed by atoms with Gasteiger partial charge in [-0.05, 0) is 64.5 Å². The average molecular weight is 413 g/mol. The van der Waals surface area contributed by atoms with E-state index < -0.39 is 24.1 Å². The topological polar surface area (TPSA) is 147 Å². The lowest BCUT2D eigenvalue weighted by molar-refractivity contribution is -0.0458. The van der Waals surface area contributed by atoms with Gasteiger partial charge in [0.05, 0.1) is 12.7 Å². The van der Waals surface area contributed by atoms with Crippen LogP contribution in [0.3, 0.4) is 0 Å². The normalized spacial score (nSPS) is 21.6. The molecule has 0 amide bonds. The van der Waals surface area contributed by atoms with Gasteiger partial charge in [0.1, 0.15) is 18.1 Å². The number of aliphatic hydroxyl groups is 2. The van der Waals surface area contributed by atoms with Gasteiger partial charge in [0.2, 0.25) is 0 Å². The molecule has 166 valence electrons. The summed E-state index contributed by atoms with van der Waals surface area (Å²) in [5.74, 6) is 0.520. The number of ether oxygens (including phenoxy) is 1. The Balaban J connectivity index is 1.56. The number of nitrogens with two attached hydrogens (primary N) is 1. The Hall–Kier alpha value is -1.56. The number of hydrogen-bond donors (Lipinski definition) is 6. The molecule has 3 atom stereocenters. The standard InChI is InChI=1S/C19H36N6O4/c20-6-3-9-21-7-1-2-8-22-10-4-11-23-17-5-12-25(19(28)24-17)18-13-15(27)16(14-26)29-18/h5,12,15-16,18,21-22,26-27H,1-4,6-11,13-14,20H2,(H,23,24,28)/t15?,16-,18-/m1/s1. The third-order valence-electron chi connectivity index (χ3n) is 4.88. The van der Waals surface area contributed by atoms with Crippen molar-refractivity contribution in [1.29, 1.82) is 0 Å². The Kier molecular flexibility index (Phi) is 11.1. The van der Waals surface area contributed by atoms with E-state index in [1.807, 2.05) is 0 Å². The Morgan fingerprint density at radius 3 is 2.45 bits per heavy atom. The summed E-state index contributed by atoms with van der Waals surface area (Å²) >= 11 is 0. The van der Waals surface area contributed by atoms with Crippen molar-refractivity contribution in [2.45, 2.75) is 50.5 Å². The third-order valence-corrected chi connectivity index (χ3v) is 4.88. The molecular weight excluding hydrogens is 376 g/mol. The first-order valence-corrected chi connectivity index (χ1v) is 10.5. The number of aliphatic hydroxyl groups excluding tert-OH is 2. The fourth-order valence-electron chi connectivity index (χ4n) is 3.19. The Morgan fingerprint density at radius 2 is 1.83 bits per heavy atom. The molecule has 1 aromatic heterocycles. The number of aromatic nitrogens is 2. The Morgan fingerprint density at radius 1 is 1.14 bits per heavy atom. The largest absolute Gasteiger partial charge is 0.394 e. The lowest BCUT2D eigenvalue weighted by atomic mass is 10.2. The number of hydrogen-bond acceptors (Lipinski definition) is 9. The number of nitrogens with one attached hydrogen (secondary N) is 3. The number of rotatable bonds is 15. The molecule has 1 aliphatic rings. The van der Waals surface area contributed by atoms with E-state index in [0.717, 1.165) is 65.0 Å². The molecular formula is C19H36N6O4. The van der Waals surface area contributed by atoms with Crippen LogP contribution < -0.4 is 27.4 Å². The van der Waals surface area contributed by atoms with Crippen LogP contribution in [0.5, 0.6) is 0 Å². The van der Waals surface area contributed by atoms with Crippen molar-refractivity contribution in [2.24, 2.45) is 5.73 Å². The molecule has 0 aromatic carbocycles. The van der Waals surface area contributed by atoms with Crippen LogP contribution in [0.1, 0.15) is 38.3 Å². The first-order chi connectivity index (χ1) is 14.2. The molecule has 1 unspecified atom stereocenters. The molecule has 0 aliphatic carbocycles. The number of anilines is 1. The van der Waals surface area contributed by atoms with Crippen molar-refractivity contribution in [3.63, 3.8) is 0 Å². The highest BCUT2D eigenvalue weighted by molar-refractivity contribution is 5.31. The van der Waals surface area contributed by atoms with Crippen LogP contribution in [0, 0.1) is 0 Å². The fraction of sp³-hybridized carbons (Fsp3) is 0.789. The van der Waals surface area contributed by atoms with Crippen LogP contribution in [0.25, 0.3) is 0 Å². The minimum Gasteiger partial charge on any atom is -0.394 e. The highest BCUT2D eigenvalue weighted by Gasteiger charge is 2.34. The summed E-state index contributed by atoms with van der Waals surface area (Å²) in [5, 5.41) is 28.9. The van der Waals surface area contributed by atoms with Crippen LogP contribution in [0.4, 0.5) is 5.82 Å². The second-order valence-electron chi connectivity index (χ2n) is 7.25. The summed E-state index contributed by atoms with van der Waals surface area (Å²) in [6.07, 6.45) is 4.06. The lowest BCUT2D eigenvalue weighted by Crippen LogP contribution is -2.28. The Bertz CT molecular complexity index is 629. The van der Waals surface area contributed by atoms with E-state index in [1.54, 1.807) is 12.3 Å². The van der Waals surface area contributed by atoms with Gasteiger partial charge in [-0.3, -0.25) is 4.57 Å².